The van der Waals surface area contributed by atoms with Gasteiger partial charge in [0, 0.05) is 19.5 Å². The second-order valence-electron chi connectivity index (χ2n) is 6.30. The number of hydrogen-bond donors (Lipinski definition) is 2. The first-order valence-electron chi connectivity index (χ1n) is 8.52. The molecule has 0 bridgehead atoms. The number of carbonyl (C=O) groups is 3. The third kappa shape index (κ3) is 5.10. The summed E-state index contributed by atoms with van der Waals surface area (Å²) < 4.78 is 10.4. The van der Waals surface area contributed by atoms with E-state index in [2.05, 4.69) is 5.32 Å². The monoisotopic (exact) mass is 372 g/mol. The van der Waals surface area contributed by atoms with Crippen molar-refractivity contribution in [2.24, 2.45) is 5.92 Å². The molecule has 1 atom stereocenters. The zero-order valence-electron chi connectivity index (χ0n) is 14.6. The van der Waals surface area contributed by atoms with Crippen LogP contribution in [0.1, 0.15) is 17.7 Å². The Hall–Kier alpha value is -3.29. The number of carboxylic acids is 1. The summed E-state index contributed by atoms with van der Waals surface area (Å²) in [7, 11) is 0. The lowest BCUT2D eigenvalue weighted by Gasteiger charge is -2.15. The first-order valence-corrected chi connectivity index (χ1v) is 8.52. The van der Waals surface area contributed by atoms with Gasteiger partial charge in [0.15, 0.2) is 6.61 Å². The molecule has 8 nitrogen and oxygen atoms in total. The number of aliphatic carboxylic acids is 1. The highest BCUT2D eigenvalue weighted by molar-refractivity contribution is 5.89. The number of hydrogen-bond acceptors (Lipinski definition) is 5. The van der Waals surface area contributed by atoms with Gasteiger partial charge in [-0.3, -0.25) is 9.59 Å². The minimum atomic E-state index is -1.06. The van der Waals surface area contributed by atoms with E-state index >= 15 is 0 Å². The van der Waals surface area contributed by atoms with Gasteiger partial charge in [-0.25, -0.2) is 4.79 Å². The van der Waals surface area contributed by atoms with Gasteiger partial charge in [0.05, 0.1) is 18.7 Å². The molecule has 8 heteroatoms. The SMILES string of the molecule is O=C(O)COc1cccc(CNC(=O)[C@H]2CC(=O)N(Cc3ccco3)C2)c1. The molecule has 0 aliphatic carbocycles. The maximum Gasteiger partial charge on any atom is 0.341 e. The van der Waals surface area contributed by atoms with E-state index in [1.165, 1.54) is 0 Å². The Balaban J connectivity index is 1.50. The number of carbonyl (C=O) groups excluding carboxylic acids is 2. The number of nitrogens with one attached hydrogen (secondary N) is 1. The second kappa shape index (κ2) is 8.39. The molecule has 2 N–H and O–H groups in total. The molecular weight excluding hydrogens is 352 g/mol. The van der Waals surface area contributed by atoms with Crippen LogP contribution in [-0.4, -0.2) is 40.9 Å². The van der Waals surface area contributed by atoms with Crippen LogP contribution in [0.4, 0.5) is 0 Å². The lowest BCUT2D eigenvalue weighted by molar-refractivity contribution is -0.139. The van der Waals surface area contributed by atoms with Crippen molar-refractivity contribution in [3.8, 4) is 5.75 Å². The fourth-order valence-electron chi connectivity index (χ4n) is 2.92. The molecule has 1 aromatic carbocycles. The summed E-state index contributed by atoms with van der Waals surface area (Å²) in [5, 5.41) is 11.5. The summed E-state index contributed by atoms with van der Waals surface area (Å²) in [5.74, 6) is -0.622. The lowest BCUT2D eigenvalue weighted by atomic mass is 10.1. The van der Waals surface area contributed by atoms with Crippen LogP contribution in [0.3, 0.4) is 0 Å². The molecule has 2 amide bonds. The highest BCUT2D eigenvalue weighted by atomic mass is 16.5. The van der Waals surface area contributed by atoms with E-state index in [1.54, 1.807) is 47.6 Å². The van der Waals surface area contributed by atoms with Crippen LogP contribution in [0.2, 0.25) is 0 Å². The molecule has 27 heavy (non-hydrogen) atoms. The van der Waals surface area contributed by atoms with Gasteiger partial charge in [-0.05, 0) is 29.8 Å². The molecule has 3 rings (SSSR count). The molecule has 0 spiro atoms. The maximum atomic E-state index is 12.4. The highest BCUT2D eigenvalue weighted by Gasteiger charge is 2.34. The molecule has 2 aromatic rings. The van der Waals surface area contributed by atoms with E-state index in [-0.39, 0.29) is 24.8 Å². The zero-order valence-corrected chi connectivity index (χ0v) is 14.6. The van der Waals surface area contributed by atoms with Gasteiger partial charge < -0.3 is 24.5 Å². The lowest BCUT2D eigenvalue weighted by Crippen LogP contribution is -2.32. The largest absolute Gasteiger partial charge is 0.482 e. The van der Waals surface area contributed by atoms with Crippen molar-refractivity contribution in [3.63, 3.8) is 0 Å². The topological polar surface area (TPSA) is 109 Å². The van der Waals surface area contributed by atoms with Gasteiger partial charge >= 0.3 is 5.97 Å². The minimum absolute atomic E-state index is 0.0735. The van der Waals surface area contributed by atoms with Crippen LogP contribution in [0.15, 0.2) is 47.1 Å². The normalized spacial score (nSPS) is 16.4. The van der Waals surface area contributed by atoms with Crippen LogP contribution in [0.5, 0.6) is 5.75 Å². The van der Waals surface area contributed by atoms with Crippen LogP contribution < -0.4 is 10.1 Å². The van der Waals surface area contributed by atoms with E-state index in [0.29, 0.717) is 24.6 Å². The average molecular weight is 372 g/mol. The smallest absolute Gasteiger partial charge is 0.341 e. The van der Waals surface area contributed by atoms with Crippen LogP contribution >= 0.6 is 0 Å². The number of rotatable bonds is 8. The van der Waals surface area contributed by atoms with Crippen LogP contribution in [0, 0.1) is 5.92 Å². The molecule has 142 valence electrons. The first-order chi connectivity index (χ1) is 13.0. The summed E-state index contributed by atoms with van der Waals surface area (Å²) in [6.45, 7) is 0.559. The molecule has 1 fully saturated rings. The second-order valence-corrected chi connectivity index (χ2v) is 6.30. The summed E-state index contributed by atoms with van der Waals surface area (Å²) in [4.78, 5) is 36.7. The predicted molar refractivity (Wildman–Crippen MR) is 93.7 cm³/mol. The average Bonchev–Trinajstić information content (AvgIpc) is 3.29. The summed E-state index contributed by atoms with van der Waals surface area (Å²) in [6, 6.07) is 10.4. The Morgan fingerprint density at radius 3 is 2.89 bits per heavy atom. The number of carboxylic acid groups (broad SMARTS) is 1. The predicted octanol–water partition coefficient (Wildman–Crippen LogP) is 1.41. The highest BCUT2D eigenvalue weighted by Crippen LogP contribution is 2.21. The Labute approximate surface area is 155 Å². The van der Waals surface area contributed by atoms with E-state index in [0.717, 1.165) is 5.56 Å². The number of benzene rings is 1. The summed E-state index contributed by atoms with van der Waals surface area (Å²) in [6.07, 6.45) is 1.72. The fourth-order valence-corrected chi connectivity index (χ4v) is 2.92. The summed E-state index contributed by atoms with van der Waals surface area (Å²) >= 11 is 0. The van der Waals surface area contributed by atoms with Crippen molar-refractivity contribution >= 4 is 17.8 Å². The van der Waals surface area contributed by atoms with Gasteiger partial charge in [0.2, 0.25) is 11.8 Å². The van der Waals surface area contributed by atoms with Gasteiger partial charge in [-0.1, -0.05) is 12.1 Å². The molecular formula is C19H20N2O6. The number of nitrogens with zero attached hydrogens (tertiary/aromatic N) is 1. The number of amides is 2. The Morgan fingerprint density at radius 2 is 2.15 bits per heavy atom. The van der Waals surface area contributed by atoms with Crippen molar-refractivity contribution in [2.75, 3.05) is 13.2 Å². The van der Waals surface area contributed by atoms with E-state index in [4.69, 9.17) is 14.3 Å². The fraction of sp³-hybridized carbons (Fsp3) is 0.316. The van der Waals surface area contributed by atoms with E-state index in [9.17, 15) is 14.4 Å². The Bertz CT molecular complexity index is 817. The molecule has 1 aromatic heterocycles. The van der Waals surface area contributed by atoms with Crippen molar-refractivity contribution in [1.82, 2.24) is 10.2 Å². The summed E-state index contributed by atoms with van der Waals surface area (Å²) in [5.41, 5.74) is 0.781. The van der Waals surface area contributed by atoms with Gasteiger partial charge in [0.1, 0.15) is 11.5 Å². The molecule has 1 saturated heterocycles. The molecule has 0 unspecified atom stereocenters. The molecule has 0 radical (unpaired) electrons. The Morgan fingerprint density at radius 1 is 1.30 bits per heavy atom. The van der Waals surface area contributed by atoms with Crippen molar-refractivity contribution in [1.29, 1.82) is 0 Å². The number of ether oxygens (including phenoxy) is 1. The third-order valence-corrected chi connectivity index (χ3v) is 4.24. The quantitative estimate of drug-likeness (QED) is 0.725. The van der Waals surface area contributed by atoms with Crippen LogP contribution in [0.25, 0.3) is 0 Å². The van der Waals surface area contributed by atoms with E-state index in [1.807, 2.05) is 0 Å². The Kier molecular flexibility index (Phi) is 5.75. The van der Waals surface area contributed by atoms with Crippen molar-refractivity contribution in [2.45, 2.75) is 19.5 Å². The van der Waals surface area contributed by atoms with Gasteiger partial charge in [-0.2, -0.15) is 0 Å². The molecule has 0 saturated carbocycles. The van der Waals surface area contributed by atoms with E-state index < -0.39 is 18.5 Å². The van der Waals surface area contributed by atoms with Gasteiger partial charge in [-0.15, -0.1) is 0 Å². The third-order valence-electron chi connectivity index (χ3n) is 4.24. The zero-order chi connectivity index (χ0) is 19.2. The molecule has 2 heterocycles. The number of likely N-dealkylation sites (tertiary alicyclic amines) is 1. The van der Waals surface area contributed by atoms with Crippen LogP contribution in [-0.2, 0) is 27.5 Å². The molecule has 1 aliphatic rings. The minimum Gasteiger partial charge on any atom is -0.482 e. The molecule has 1 aliphatic heterocycles. The first kappa shape index (κ1) is 18.5. The maximum absolute atomic E-state index is 12.4. The van der Waals surface area contributed by atoms with Gasteiger partial charge in [0.25, 0.3) is 0 Å². The number of furan rings is 1. The van der Waals surface area contributed by atoms with Crippen molar-refractivity contribution in [3.05, 3.63) is 54.0 Å². The standard InChI is InChI=1S/C19H20N2O6/c22-17-8-14(10-21(17)11-16-5-2-6-26-16)19(25)20-9-13-3-1-4-15(7-13)27-12-18(23)24/h1-7,14H,8-12H2,(H,20,25)(H,23,24)/t14-/m0/s1. The van der Waals surface area contributed by atoms with Crippen molar-refractivity contribution < 1.29 is 28.6 Å².